The highest BCUT2D eigenvalue weighted by molar-refractivity contribution is 5.77. The molecule has 22 heavy (non-hydrogen) atoms. The minimum absolute atomic E-state index is 0.0505. The lowest BCUT2D eigenvalue weighted by molar-refractivity contribution is -0.123. The molecule has 4 nitrogen and oxygen atoms in total. The van der Waals surface area contributed by atoms with Crippen molar-refractivity contribution in [3.63, 3.8) is 0 Å². The van der Waals surface area contributed by atoms with Crippen LogP contribution in [0.15, 0.2) is 18.2 Å². The van der Waals surface area contributed by atoms with Gasteiger partial charge in [-0.2, -0.15) is 0 Å². The molecule has 1 aromatic rings. The molecule has 0 saturated carbocycles. The average Bonchev–Trinajstić information content (AvgIpc) is 2.50. The molecule has 0 spiro atoms. The van der Waals surface area contributed by atoms with E-state index in [0.717, 1.165) is 55.9 Å². The first-order valence-corrected chi connectivity index (χ1v) is 8.26. The lowest BCUT2D eigenvalue weighted by Gasteiger charge is -2.17. The lowest BCUT2D eigenvalue weighted by atomic mass is 10.1. The summed E-state index contributed by atoms with van der Waals surface area (Å²) in [5, 5.41) is 2.92. The molecule has 0 unspecified atom stereocenters. The normalized spacial score (nSPS) is 10.8. The molecule has 0 bridgehead atoms. The van der Waals surface area contributed by atoms with Crippen molar-refractivity contribution >= 4 is 5.91 Å². The van der Waals surface area contributed by atoms with Crippen LogP contribution in [0.4, 0.5) is 0 Å². The summed E-state index contributed by atoms with van der Waals surface area (Å²) in [6, 6.07) is 5.98. The second-order valence-corrected chi connectivity index (χ2v) is 5.59. The molecule has 1 N–H and O–H groups in total. The number of para-hydroxylation sites is 1. The van der Waals surface area contributed by atoms with Crippen molar-refractivity contribution in [3.05, 3.63) is 29.3 Å². The third-order valence-corrected chi connectivity index (χ3v) is 3.87. The number of benzene rings is 1. The molecular formula is C18H30N2O2. The smallest absolute Gasteiger partial charge is 0.257 e. The van der Waals surface area contributed by atoms with Crippen LogP contribution in [-0.2, 0) is 4.79 Å². The third-order valence-electron chi connectivity index (χ3n) is 3.87. The Hall–Kier alpha value is -1.55. The van der Waals surface area contributed by atoms with E-state index < -0.39 is 0 Å². The Morgan fingerprint density at radius 1 is 1.14 bits per heavy atom. The molecule has 0 heterocycles. The van der Waals surface area contributed by atoms with Crippen LogP contribution in [0.25, 0.3) is 0 Å². The fourth-order valence-corrected chi connectivity index (χ4v) is 2.44. The summed E-state index contributed by atoms with van der Waals surface area (Å²) >= 11 is 0. The van der Waals surface area contributed by atoms with Crippen LogP contribution in [0.3, 0.4) is 0 Å². The second-order valence-electron chi connectivity index (χ2n) is 5.59. The Bertz CT molecular complexity index is 436. The molecule has 0 atom stereocenters. The van der Waals surface area contributed by atoms with Crippen LogP contribution < -0.4 is 10.1 Å². The molecule has 1 rings (SSSR count). The number of nitrogens with one attached hydrogen (secondary N) is 1. The Balaban J connectivity index is 2.19. The molecule has 0 aliphatic heterocycles. The van der Waals surface area contributed by atoms with Gasteiger partial charge in [-0.1, -0.05) is 32.0 Å². The van der Waals surface area contributed by atoms with Crippen molar-refractivity contribution < 1.29 is 9.53 Å². The van der Waals surface area contributed by atoms with Gasteiger partial charge in [0, 0.05) is 6.54 Å². The van der Waals surface area contributed by atoms with Crippen LogP contribution >= 0.6 is 0 Å². The molecule has 4 heteroatoms. The number of rotatable bonds is 10. The Kier molecular flexibility index (Phi) is 8.60. The first-order valence-electron chi connectivity index (χ1n) is 8.26. The number of carbonyl (C=O) groups is 1. The van der Waals surface area contributed by atoms with Crippen LogP contribution in [-0.4, -0.2) is 43.6 Å². The molecule has 0 aliphatic rings. The van der Waals surface area contributed by atoms with E-state index in [2.05, 4.69) is 24.1 Å². The van der Waals surface area contributed by atoms with Crippen LogP contribution in [0.1, 0.15) is 37.8 Å². The zero-order chi connectivity index (χ0) is 16.4. The van der Waals surface area contributed by atoms with E-state index in [1.807, 2.05) is 32.0 Å². The van der Waals surface area contributed by atoms with Gasteiger partial charge in [0.15, 0.2) is 6.61 Å². The average molecular weight is 306 g/mol. The minimum atomic E-state index is -0.0505. The Labute approximate surface area is 134 Å². The predicted octanol–water partition coefficient (Wildman–Crippen LogP) is 2.92. The van der Waals surface area contributed by atoms with Gasteiger partial charge in [-0.25, -0.2) is 0 Å². The largest absolute Gasteiger partial charge is 0.483 e. The van der Waals surface area contributed by atoms with Gasteiger partial charge in [0.1, 0.15) is 5.75 Å². The highest BCUT2D eigenvalue weighted by Crippen LogP contribution is 2.21. The van der Waals surface area contributed by atoms with Gasteiger partial charge in [-0.05, 0) is 57.5 Å². The fourth-order valence-electron chi connectivity index (χ4n) is 2.44. The second kappa shape index (κ2) is 10.2. The van der Waals surface area contributed by atoms with Gasteiger partial charge in [-0.3, -0.25) is 4.79 Å². The Morgan fingerprint density at radius 2 is 1.77 bits per heavy atom. The molecule has 0 saturated heterocycles. The number of ether oxygens (including phenoxy) is 1. The topological polar surface area (TPSA) is 41.6 Å². The van der Waals surface area contributed by atoms with Gasteiger partial charge in [0.25, 0.3) is 5.91 Å². The quantitative estimate of drug-likeness (QED) is 0.676. The van der Waals surface area contributed by atoms with Crippen LogP contribution in [0, 0.1) is 13.8 Å². The van der Waals surface area contributed by atoms with E-state index in [0.29, 0.717) is 0 Å². The van der Waals surface area contributed by atoms with Gasteiger partial charge < -0.3 is 15.0 Å². The van der Waals surface area contributed by atoms with Crippen molar-refractivity contribution in [1.29, 1.82) is 0 Å². The van der Waals surface area contributed by atoms with E-state index in [1.54, 1.807) is 0 Å². The SMILES string of the molecule is CCN(CC)CCCCNC(=O)COc1c(C)cccc1C. The van der Waals surface area contributed by atoms with E-state index in [9.17, 15) is 4.79 Å². The first kappa shape index (κ1) is 18.5. The molecule has 0 radical (unpaired) electrons. The number of carbonyl (C=O) groups excluding carboxylic acids is 1. The molecule has 0 fully saturated rings. The molecule has 1 amide bonds. The number of aryl methyl sites for hydroxylation is 2. The molecule has 0 aliphatic carbocycles. The molecular weight excluding hydrogens is 276 g/mol. The summed E-state index contributed by atoms with van der Waals surface area (Å²) in [4.78, 5) is 14.2. The zero-order valence-electron chi connectivity index (χ0n) is 14.4. The van der Waals surface area contributed by atoms with E-state index >= 15 is 0 Å². The summed E-state index contributed by atoms with van der Waals surface area (Å²) in [5.41, 5.74) is 2.12. The molecule has 124 valence electrons. The van der Waals surface area contributed by atoms with Crippen molar-refractivity contribution in [1.82, 2.24) is 10.2 Å². The first-order chi connectivity index (χ1) is 10.6. The number of hydrogen-bond donors (Lipinski definition) is 1. The highest BCUT2D eigenvalue weighted by atomic mass is 16.5. The highest BCUT2D eigenvalue weighted by Gasteiger charge is 2.07. The molecule has 1 aromatic carbocycles. The van der Waals surface area contributed by atoms with Gasteiger partial charge in [0.2, 0.25) is 0 Å². The maximum Gasteiger partial charge on any atom is 0.257 e. The van der Waals surface area contributed by atoms with E-state index in [1.165, 1.54) is 0 Å². The number of unbranched alkanes of at least 4 members (excludes halogenated alkanes) is 1. The Morgan fingerprint density at radius 3 is 2.36 bits per heavy atom. The number of nitrogens with zero attached hydrogens (tertiary/aromatic N) is 1. The van der Waals surface area contributed by atoms with Gasteiger partial charge in [0.05, 0.1) is 0 Å². The summed E-state index contributed by atoms with van der Waals surface area (Å²) < 4.78 is 5.64. The van der Waals surface area contributed by atoms with Crippen molar-refractivity contribution in [2.45, 2.75) is 40.5 Å². The van der Waals surface area contributed by atoms with Crippen molar-refractivity contribution in [2.75, 3.05) is 32.8 Å². The zero-order valence-corrected chi connectivity index (χ0v) is 14.4. The van der Waals surface area contributed by atoms with Gasteiger partial charge >= 0.3 is 0 Å². The maximum atomic E-state index is 11.8. The van der Waals surface area contributed by atoms with Gasteiger partial charge in [-0.15, -0.1) is 0 Å². The maximum absolute atomic E-state index is 11.8. The van der Waals surface area contributed by atoms with Crippen LogP contribution in [0.5, 0.6) is 5.75 Å². The number of hydrogen-bond acceptors (Lipinski definition) is 3. The standard InChI is InChI=1S/C18H30N2O2/c1-5-20(6-2)13-8-7-12-19-17(21)14-22-18-15(3)10-9-11-16(18)4/h9-11H,5-8,12-14H2,1-4H3,(H,19,21). The summed E-state index contributed by atoms with van der Waals surface area (Å²) in [7, 11) is 0. The third kappa shape index (κ3) is 6.48. The van der Waals surface area contributed by atoms with Crippen LogP contribution in [0.2, 0.25) is 0 Å². The summed E-state index contributed by atoms with van der Waals surface area (Å²) in [5.74, 6) is 0.768. The van der Waals surface area contributed by atoms with Crippen molar-refractivity contribution in [3.8, 4) is 5.75 Å². The summed E-state index contributed by atoms with van der Waals surface area (Å²) in [6.45, 7) is 12.4. The van der Waals surface area contributed by atoms with E-state index in [4.69, 9.17) is 4.74 Å². The number of amides is 1. The van der Waals surface area contributed by atoms with E-state index in [-0.39, 0.29) is 12.5 Å². The van der Waals surface area contributed by atoms with Crippen molar-refractivity contribution in [2.24, 2.45) is 0 Å². The fraction of sp³-hybridized carbons (Fsp3) is 0.611. The monoisotopic (exact) mass is 306 g/mol. The minimum Gasteiger partial charge on any atom is -0.483 e. The molecule has 0 aromatic heterocycles. The lowest BCUT2D eigenvalue weighted by Crippen LogP contribution is -2.30. The summed E-state index contributed by atoms with van der Waals surface area (Å²) in [6.07, 6.45) is 2.12. The predicted molar refractivity (Wildman–Crippen MR) is 91.4 cm³/mol.